The first-order valence-corrected chi connectivity index (χ1v) is 10.2. The van der Waals surface area contributed by atoms with Crippen LogP contribution < -0.4 is 15.2 Å². The summed E-state index contributed by atoms with van der Waals surface area (Å²) in [6.45, 7) is 4.52. The molecule has 0 saturated carbocycles. The Hall–Kier alpha value is -4.01. The van der Waals surface area contributed by atoms with Gasteiger partial charge in [-0.3, -0.25) is 4.79 Å². The molecule has 1 unspecified atom stereocenters. The Morgan fingerprint density at radius 3 is 2.75 bits per heavy atom. The van der Waals surface area contributed by atoms with E-state index in [-0.39, 0.29) is 24.3 Å². The Labute approximate surface area is 182 Å². The molecular weight excluding hydrogens is 414 g/mol. The molecule has 9 nitrogen and oxygen atoms in total. The van der Waals surface area contributed by atoms with Crippen LogP contribution in [0.3, 0.4) is 0 Å². The van der Waals surface area contributed by atoms with Gasteiger partial charge in [-0.15, -0.1) is 5.10 Å². The van der Waals surface area contributed by atoms with Gasteiger partial charge in [-0.2, -0.15) is 4.68 Å². The molecule has 0 aliphatic carbocycles. The summed E-state index contributed by atoms with van der Waals surface area (Å²) in [6, 6.07) is 12.6. The molecule has 4 aromatic rings. The van der Waals surface area contributed by atoms with Gasteiger partial charge in [0.15, 0.2) is 29.1 Å². The minimum atomic E-state index is -0.718. The van der Waals surface area contributed by atoms with E-state index in [1.165, 1.54) is 6.26 Å². The van der Waals surface area contributed by atoms with Crippen molar-refractivity contribution in [2.24, 2.45) is 0 Å². The van der Waals surface area contributed by atoms with Gasteiger partial charge in [0.1, 0.15) is 13.2 Å². The molecule has 0 radical (unpaired) electrons. The van der Waals surface area contributed by atoms with E-state index in [4.69, 9.17) is 18.3 Å². The van der Waals surface area contributed by atoms with Crippen molar-refractivity contribution in [1.29, 1.82) is 0 Å². The summed E-state index contributed by atoms with van der Waals surface area (Å²) >= 11 is 0. The smallest absolute Gasteiger partial charge is 0.437 e. The molecule has 4 heterocycles. The number of furan rings is 1. The molecule has 0 amide bonds. The van der Waals surface area contributed by atoms with Gasteiger partial charge in [0.2, 0.25) is 0 Å². The predicted molar refractivity (Wildman–Crippen MR) is 113 cm³/mol. The van der Waals surface area contributed by atoms with Crippen molar-refractivity contribution in [3.05, 3.63) is 76.2 Å². The highest BCUT2D eigenvalue weighted by atomic mass is 16.6. The maximum atomic E-state index is 13.0. The van der Waals surface area contributed by atoms with Crippen molar-refractivity contribution in [3.8, 4) is 23.1 Å². The SMILES string of the molecule is Cc1cc(C(=O)Cn2nc(-c3ccco3)oc2=O)c(C)n1CC1COc2ccccc2O1. The number of carbonyl (C=O) groups excluding carboxylic acids is 1. The number of Topliss-reactive ketones (excluding diaryl/α,β-unsaturated/α-hetero) is 1. The normalized spacial score (nSPS) is 15.1. The Morgan fingerprint density at radius 2 is 1.97 bits per heavy atom. The summed E-state index contributed by atoms with van der Waals surface area (Å²) in [5.74, 6) is 0.838. The first kappa shape index (κ1) is 19.9. The quantitative estimate of drug-likeness (QED) is 0.429. The van der Waals surface area contributed by atoms with Gasteiger partial charge >= 0.3 is 5.76 Å². The van der Waals surface area contributed by atoms with Crippen molar-refractivity contribution < 1.29 is 23.1 Å². The average Bonchev–Trinajstić information content (AvgIpc) is 3.51. The van der Waals surface area contributed by atoms with Crippen molar-refractivity contribution in [1.82, 2.24) is 14.3 Å². The lowest BCUT2D eigenvalue weighted by atomic mass is 10.1. The number of carbonyl (C=O) groups is 1. The number of aromatic nitrogens is 3. The topological polar surface area (TPSA) is 102 Å². The maximum absolute atomic E-state index is 13.0. The summed E-state index contributed by atoms with van der Waals surface area (Å²) in [5.41, 5.74) is 2.23. The van der Waals surface area contributed by atoms with Crippen LogP contribution in [0.15, 0.2) is 62.4 Å². The minimum Gasteiger partial charge on any atom is -0.486 e. The fourth-order valence-corrected chi connectivity index (χ4v) is 3.85. The standard InChI is InChI=1S/C23H21N3O6/c1-14-10-17(18(27)12-26-23(28)32-22(24-26)21-8-5-9-29-21)15(2)25(14)11-16-13-30-19-6-3-4-7-20(19)31-16/h3-10,16H,11-13H2,1-2H3. The van der Waals surface area contributed by atoms with Gasteiger partial charge in [0.05, 0.1) is 12.8 Å². The van der Waals surface area contributed by atoms with Crippen molar-refractivity contribution in [2.45, 2.75) is 33.0 Å². The van der Waals surface area contributed by atoms with E-state index in [0.29, 0.717) is 30.2 Å². The highest BCUT2D eigenvalue weighted by Crippen LogP contribution is 2.31. The van der Waals surface area contributed by atoms with Crippen LogP contribution in [0, 0.1) is 13.8 Å². The van der Waals surface area contributed by atoms with Crippen molar-refractivity contribution >= 4 is 5.78 Å². The van der Waals surface area contributed by atoms with Gasteiger partial charge < -0.3 is 22.9 Å². The molecule has 0 saturated heterocycles. The van der Waals surface area contributed by atoms with Crippen molar-refractivity contribution in [2.75, 3.05) is 6.61 Å². The van der Waals surface area contributed by atoms with Crippen LogP contribution in [-0.2, 0) is 13.1 Å². The van der Waals surface area contributed by atoms with Crippen LogP contribution in [-0.4, -0.2) is 32.8 Å². The zero-order chi connectivity index (χ0) is 22.2. The van der Waals surface area contributed by atoms with Gasteiger partial charge in [0.25, 0.3) is 5.89 Å². The first-order chi connectivity index (χ1) is 15.5. The second-order valence-corrected chi connectivity index (χ2v) is 7.62. The Morgan fingerprint density at radius 1 is 1.16 bits per heavy atom. The van der Waals surface area contributed by atoms with Crippen LogP contribution in [0.1, 0.15) is 21.7 Å². The number of ether oxygens (including phenoxy) is 2. The van der Waals surface area contributed by atoms with Crippen molar-refractivity contribution in [3.63, 3.8) is 0 Å². The average molecular weight is 435 g/mol. The summed E-state index contributed by atoms with van der Waals surface area (Å²) in [5, 5.41) is 4.07. The maximum Gasteiger partial charge on any atom is 0.437 e. The zero-order valence-electron chi connectivity index (χ0n) is 17.6. The monoisotopic (exact) mass is 435 g/mol. The summed E-state index contributed by atoms with van der Waals surface area (Å²) < 4.78 is 25.2. The summed E-state index contributed by atoms with van der Waals surface area (Å²) in [6.07, 6.45) is 1.26. The Kier molecular flexibility index (Phi) is 4.93. The third-order valence-electron chi connectivity index (χ3n) is 5.46. The van der Waals surface area contributed by atoms with Gasteiger partial charge in [0, 0.05) is 17.0 Å². The minimum absolute atomic E-state index is 0.0352. The van der Waals surface area contributed by atoms with Crippen LogP contribution in [0.25, 0.3) is 11.7 Å². The molecule has 1 aromatic carbocycles. The summed E-state index contributed by atoms with van der Waals surface area (Å²) in [4.78, 5) is 25.1. The molecule has 0 fully saturated rings. The fraction of sp³-hybridized carbons (Fsp3) is 0.261. The largest absolute Gasteiger partial charge is 0.486 e. The molecule has 0 N–H and O–H groups in total. The van der Waals surface area contributed by atoms with Crippen LogP contribution >= 0.6 is 0 Å². The molecule has 1 atom stereocenters. The second-order valence-electron chi connectivity index (χ2n) is 7.62. The zero-order valence-corrected chi connectivity index (χ0v) is 17.6. The Bertz CT molecular complexity index is 1330. The number of aryl methyl sites for hydroxylation is 1. The fourth-order valence-electron chi connectivity index (χ4n) is 3.85. The van der Waals surface area contributed by atoms with E-state index in [1.807, 2.05) is 48.7 Å². The molecule has 5 rings (SSSR count). The lowest BCUT2D eigenvalue weighted by Crippen LogP contribution is -2.33. The Balaban J connectivity index is 1.33. The number of para-hydroxylation sites is 2. The third-order valence-corrected chi connectivity index (χ3v) is 5.46. The van der Waals surface area contributed by atoms with Gasteiger partial charge in [-0.1, -0.05) is 12.1 Å². The van der Waals surface area contributed by atoms with E-state index >= 15 is 0 Å². The molecule has 9 heteroatoms. The number of fused-ring (bicyclic) bond motifs is 1. The van der Waals surface area contributed by atoms with E-state index in [2.05, 4.69) is 5.10 Å². The molecule has 32 heavy (non-hydrogen) atoms. The molecular formula is C23H21N3O6. The highest BCUT2D eigenvalue weighted by molar-refractivity contribution is 5.97. The third kappa shape index (κ3) is 3.62. The molecule has 0 spiro atoms. The van der Waals surface area contributed by atoms with E-state index < -0.39 is 5.76 Å². The van der Waals surface area contributed by atoms with Crippen LogP contribution in [0.2, 0.25) is 0 Å². The first-order valence-electron chi connectivity index (χ1n) is 10.2. The summed E-state index contributed by atoms with van der Waals surface area (Å²) in [7, 11) is 0. The molecule has 0 bridgehead atoms. The number of ketones is 1. The number of nitrogens with zero attached hydrogens (tertiary/aromatic N) is 3. The van der Waals surface area contributed by atoms with E-state index in [0.717, 1.165) is 21.8 Å². The number of rotatable bonds is 6. The molecule has 1 aliphatic rings. The molecule has 164 valence electrons. The second kappa shape index (κ2) is 7.92. The van der Waals surface area contributed by atoms with Gasteiger partial charge in [-0.25, -0.2) is 4.79 Å². The number of hydrogen-bond acceptors (Lipinski definition) is 7. The van der Waals surface area contributed by atoms with Crippen LogP contribution in [0.4, 0.5) is 0 Å². The molecule has 1 aliphatic heterocycles. The lowest BCUT2D eigenvalue weighted by Gasteiger charge is -2.27. The van der Waals surface area contributed by atoms with Crippen LogP contribution in [0.5, 0.6) is 11.5 Å². The lowest BCUT2D eigenvalue weighted by molar-refractivity contribution is 0.0777. The number of hydrogen-bond donors (Lipinski definition) is 0. The number of benzene rings is 1. The van der Waals surface area contributed by atoms with E-state index in [9.17, 15) is 9.59 Å². The highest BCUT2D eigenvalue weighted by Gasteiger charge is 2.24. The predicted octanol–water partition coefficient (Wildman–Crippen LogP) is 3.24. The van der Waals surface area contributed by atoms with Gasteiger partial charge in [-0.05, 0) is 44.2 Å². The van der Waals surface area contributed by atoms with E-state index in [1.54, 1.807) is 12.1 Å². The molecule has 3 aromatic heterocycles.